The molecule has 0 atom stereocenters. The van der Waals surface area contributed by atoms with Crippen LogP contribution < -0.4 is 4.90 Å². The number of para-hydroxylation sites is 1. The van der Waals surface area contributed by atoms with Crippen LogP contribution in [0.5, 0.6) is 0 Å². The van der Waals surface area contributed by atoms with Crippen molar-refractivity contribution in [2.75, 3.05) is 4.90 Å². The van der Waals surface area contributed by atoms with Crippen LogP contribution in [0.1, 0.15) is 0 Å². The van der Waals surface area contributed by atoms with E-state index in [0.29, 0.717) is 5.89 Å². The van der Waals surface area contributed by atoms with Crippen LogP contribution in [0.25, 0.3) is 75.4 Å². The maximum absolute atomic E-state index is 6.62. The zero-order valence-electron chi connectivity index (χ0n) is 26.4. The van der Waals surface area contributed by atoms with Gasteiger partial charge in [-0.3, -0.25) is 0 Å². The Kier molecular flexibility index (Phi) is 6.36. The molecule has 0 aliphatic rings. The Labute approximate surface area is 286 Å². The molecular formula is C45H28N2OS. The van der Waals surface area contributed by atoms with Gasteiger partial charge in [0.2, 0.25) is 5.89 Å². The van der Waals surface area contributed by atoms with Crippen molar-refractivity contribution in [3.63, 3.8) is 0 Å². The van der Waals surface area contributed by atoms with E-state index in [0.717, 1.165) is 55.3 Å². The van der Waals surface area contributed by atoms with E-state index in [9.17, 15) is 0 Å². The molecule has 0 saturated carbocycles. The van der Waals surface area contributed by atoms with Gasteiger partial charge < -0.3 is 9.32 Å². The van der Waals surface area contributed by atoms with Gasteiger partial charge in [0.05, 0.1) is 5.69 Å². The summed E-state index contributed by atoms with van der Waals surface area (Å²) in [4.78, 5) is 7.43. The first-order chi connectivity index (χ1) is 24.3. The summed E-state index contributed by atoms with van der Waals surface area (Å²) in [5, 5.41) is 7.10. The molecule has 0 spiro atoms. The number of hydrogen-bond donors (Lipinski definition) is 0. The van der Waals surface area contributed by atoms with Gasteiger partial charge in [-0.05, 0) is 76.5 Å². The number of nitrogens with zero attached hydrogens (tertiary/aromatic N) is 2. The second-order valence-corrected chi connectivity index (χ2v) is 13.4. The number of hydrogen-bond acceptors (Lipinski definition) is 4. The summed E-state index contributed by atoms with van der Waals surface area (Å²) in [6.07, 6.45) is 0. The van der Waals surface area contributed by atoms with Gasteiger partial charge in [-0.1, -0.05) is 115 Å². The third-order valence-electron chi connectivity index (χ3n) is 9.47. The standard InChI is InChI=1S/C45H28N2OS/c1-3-13-31(14-4-1)45-46-38-28-39(36-27-24-29-12-7-8-17-35(29)43(36)44(38)48-45)47(32-15-5-2-6-16-32)33-25-22-30(23-26-33)34-19-11-21-41-42(34)37-18-9-10-20-40(37)49-41/h1-28H. The lowest BCUT2D eigenvalue weighted by atomic mass is 9.97. The minimum absolute atomic E-state index is 0.618. The third-order valence-corrected chi connectivity index (χ3v) is 10.6. The van der Waals surface area contributed by atoms with Gasteiger partial charge in [-0.15, -0.1) is 11.3 Å². The molecule has 2 heterocycles. The van der Waals surface area contributed by atoms with Crippen LogP contribution in [-0.4, -0.2) is 4.98 Å². The van der Waals surface area contributed by atoms with Crippen molar-refractivity contribution in [3.8, 4) is 22.6 Å². The van der Waals surface area contributed by atoms with Crippen LogP contribution >= 0.6 is 11.3 Å². The van der Waals surface area contributed by atoms with E-state index < -0.39 is 0 Å². The average molecular weight is 645 g/mol. The summed E-state index contributed by atoms with van der Waals surface area (Å²) in [7, 11) is 0. The molecule has 0 saturated heterocycles. The van der Waals surface area contributed by atoms with Crippen LogP contribution in [0, 0.1) is 0 Å². The first kappa shape index (κ1) is 27.8. The first-order valence-corrected chi connectivity index (χ1v) is 17.3. The molecule has 2 aromatic heterocycles. The van der Waals surface area contributed by atoms with Gasteiger partial charge >= 0.3 is 0 Å². The fourth-order valence-corrected chi connectivity index (χ4v) is 8.38. The topological polar surface area (TPSA) is 29.3 Å². The average Bonchev–Trinajstić information content (AvgIpc) is 3.78. The molecule has 49 heavy (non-hydrogen) atoms. The van der Waals surface area contributed by atoms with Crippen molar-refractivity contribution < 1.29 is 4.42 Å². The van der Waals surface area contributed by atoms with Crippen LogP contribution in [0.4, 0.5) is 17.1 Å². The molecule has 230 valence electrons. The first-order valence-electron chi connectivity index (χ1n) is 16.5. The number of benzene rings is 8. The van der Waals surface area contributed by atoms with Crippen molar-refractivity contribution in [3.05, 3.63) is 170 Å². The molecule has 0 radical (unpaired) electrons. The quantitative estimate of drug-likeness (QED) is 0.175. The summed E-state index contributed by atoms with van der Waals surface area (Å²) >= 11 is 1.85. The van der Waals surface area contributed by atoms with Crippen molar-refractivity contribution in [2.24, 2.45) is 0 Å². The lowest BCUT2D eigenvalue weighted by molar-refractivity contribution is 0.623. The Hall–Kier alpha value is -6.23. The SMILES string of the molecule is c1ccc(-c2nc3cc(N(c4ccccc4)c4ccc(-c5cccc6sc7ccccc7c56)cc4)c4ccc5ccccc5c4c3o2)cc1. The van der Waals surface area contributed by atoms with Gasteiger partial charge in [0, 0.05) is 47.9 Å². The maximum Gasteiger partial charge on any atom is 0.227 e. The van der Waals surface area contributed by atoms with Crippen LogP contribution in [0.3, 0.4) is 0 Å². The maximum atomic E-state index is 6.62. The van der Waals surface area contributed by atoms with E-state index in [1.807, 2.05) is 41.7 Å². The molecule has 0 bridgehead atoms. The van der Waals surface area contributed by atoms with E-state index in [-0.39, 0.29) is 0 Å². The predicted molar refractivity (Wildman–Crippen MR) is 207 cm³/mol. The summed E-state index contributed by atoms with van der Waals surface area (Å²) in [5.74, 6) is 0.618. The molecule has 0 N–H and O–H groups in total. The van der Waals surface area contributed by atoms with Gasteiger partial charge in [0.1, 0.15) is 5.52 Å². The molecule has 4 heteroatoms. The molecule has 0 aliphatic carbocycles. The highest BCUT2D eigenvalue weighted by Gasteiger charge is 2.22. The van der Waals surface area contributed by atoms with Crippen LogP contribution in [-0.2, 0) is 0 Å². The fourth-order valence-electron chi connectivity index (χ4n) is 7.24. The molecule has 8 aromatic carbocycles. The molecule has 0 fully saturated rings. The molecule has 0 amide bonds. The molecule has 0 aliphatic heterocycles. The molecular weight excluding hydrogens is 617 g/mol. The Bertz CT molecular complexity index is 2820. The summed E-state index contributed by atoms with van der Waals surface area (Å²) in [6, 6.07) is 60.2. The number of rotatable bonds is 5. The lowest BCUT2D eigenvalue weighted by Gasteiger charge is -2.27. The third kappa shape index (κ3) is 4.53. The number of oxazole rings is 1. The van der Waals surface area contributed by atoms with E-state index in [2.05, 4.69) is 144 Å². The van der Waals surface area contributed by atoms with E-state index in [1.54, 1.807) is 0 Å². The smallest absolute Gasteiger partial charge is 0.227 e. The van der Waals surface area contributed by atoms with Gasteiger partial charge in [-0.25, -0.2) is 4.98 Å². The largest absolute Gasteiger partial charge is 0.435 e. The Morgan fingerprint density at radius 2 is 1.18 bits per heavy atom. The number of fused-ring (bicyclic) bond motifs is 8. The number of anilines is 3. The predicted octanol–water partition coefficient (Wildman–Crippen LogP) is 13.3. The van der Waals surface area contributed by atoms with Gasteiger partial charge in [0.15, 0.2) is 5.58 Å². The van der Waals surface area contributed by atoms with Crippen molar-refractivity contribution in [1.82, 2.24) is 4.98 Å². The van der Waals surface area contributed by atoms with Crippen molar-refractivity contribution >= 4 is 81.2 Å². The summed E-state index contributed by atoms with van der Waals surface area (Å²) in [5.41, 5.74) is 8.21. The zero-order chi connectivity index (χ0) is 32.3. The van der Waals surface area contributed by atoms with Crippen molar-refractivity contribution in [1.29, 1.82) is 0 Å². The molecule has 0 unspecified atom stereocenters. The van der Waals surface area contributed by atoms with Gasteiger partial charge in [-0.2, -0.15) is 0 Å². The zero-order valence-corrected chi connectivity index (χ0v) is 27.2. The van der Waals surface area contributed by atoms with E-state index >= 15 is 0 Å². The Morgan fingerprint density at radius 1 is 0.490 bits per heavy atom. The second-order valence-electron chi connectivity index (χ2n) is 12.3. The highest BCUT2D eigenvalue weighted by atomic mass is 32.1. The monoisotopic (exact) mass is 644 g/mol. The molecule has 10 aromatic rings. The van der Waals surface area contributed by atoms with E-state index in [1.165, 1.54) is 31.3 Å². The Balaban J connectivity index is 1.20. The highest BCUT2D eigenvalue weighted by Crippen LogP contribution is 2.46. The normalized spacial score (nSPS) is 11.7. The molecule has 10 rings (SSSR count). The van der Waals surface area contributed by atoms with Crippen LogP contribution in [0.15, 0.2) is 174 Å². The summed E-state index contributed by atoms with van der Waals surface area (Å²) < 4.78 is 9.24. The fraction of sp³-hybridized carbons (Fsp3) is 0. The van der Waals surface area contributed by atoms with Crippen molar-refractivity contribution in [2.45, 2.75) is 0 Å². The number of thiophene rings is 1. The van der Waals surface area contributed by atoms with Crippen LogP contribution in [0.2, 0.25) is 0 Å². The summed E-state index contributed by atoms with van der Waals surface area (Å²) in [6.45, 7) is 0. The lowest BCUT2D eigenvalue weighted by Crippen LogP contribution is -2.10. The number of aromatic nitrogens is 1. The highest BCUT2D eigenvalue weighted by molar-refractivity contribution is 7.25. The minimum atomic E-state index is 0.618. The second kappa shape index (κ2) is 11.2. The minimum Gasteiger partial charge on any atom is -0.435 e. The Morgan fingerprint density at radius 3 is 2.02 bits per heavy atom. The van der Waals surface area contributed by atoms with Gasteiger partial charge in [0.25, 0.3) is 0 Å². The molecule has 3 nitrogen and oxygen atoms in total. The van der Waals surface area contributed by atoms with E-state index in [4.69, 9.17) is 9.40 Å².